The Balaban J connectivity index is 1.75. The molecule has 2 N–H and O–H groups in total. The highest BCUT2D eigenvalue weighted by atomic mass is 32.1. The molecule has 2 aromatic rings. The van der Waals surface area contributed by atoms with Crippen LogP contribution in [0, 0.1) is 5.92 Å². The molecule has 1 amide bonds. The van der Waals surface area contributed by atoms with Gasteiger partial charge in [-0.05, 0) is 25.0 Å². The van der Waals surface area contributed by atoms with Crippen molar-refractivity contribution in [1.82, 2.24) is 10.3 Å². The molecule has 0 saturated heterocycles. The first-order chi connectivity index (χ1) is 9.78. The molecule has 0 radical (unpaired) electrons. The summed E-state index contributed by atoms with van der Waals surface area (Å²) in [4.78, 5) is 16.7. The molecule has 1 aliphatic rings. The van der Waals surface area contributed by atoms with E-state index in [-0.39, 0.29) is 24.5 Å². The van der Waals surface area contributed by atoms with Gasteiger partial charge in [0.05, 0.1) is 10.2 Å². The van der Waals surface area contributed by atoms with E-state index in [9.17, 15) is 9.90 Å². The van der Waals surface area contributed by atoms with Crippen LogP contribution in [0.25, 0.3) is 10.2 Å². The van der Waals surface area contributed by atoms with E-state index in [1.807, 2.05) is 24.3 Å². The Morgan fingerprint density at radius 2 is 2.15 bits per heavy atom. The molecule has 0 bridgehead atoms. The summed E-state index contributed by atoms with van der Waals surface area (Å²) in [5, 5.41) is 12.9. The maximum Gasteiger partial charge on any atom is 0.280 e. The minimum absolute atomic E-state index is 0.0771. The lowest BCUT2D eigenvalue weighted by atomic mass is 9.85. The first-order valence-corrected chi connectivity index (χ1v) is 7.87. The lowest BCUT2D eigenvalue weighted by molar-refractivity contribution is 0.0872. The number of carbonyl (C=O) groups is 1. The molecule has 5 heteroatoms. The van der Waals surface area contributed by atoms with Crippen molar-refractivity contribution in [3.8, 4) is 0 Å². The third-order valence-corrected chi connectivity index (χ3v) is 4.98. The predicted molar refractivity (Wildman–Crippen MR) is 79.9 cm³/mol. The number of amides is 1. The van der Waals surface area contributed by atoms with Crippen molar-refractivity contribution < 1.29 is 9.90 Å². The number of aromatic nitrogens is 1. The molecule has 0 aliphatic heterocycles. The number of nitrogens with one attached hydrogen (secondary N) is 1. The van der Waals surface area contributed by atoms with E-state index in [2.05, 4.69) is 10.3 Å². The van der Waals surface area contributed by atoms with Crippen molar-refractivity contribution >= 4 is 27.5 Å². The number of carbonyl (C=O) groups excluding carboxylic acids is 1. The Morgan fingerprint density at radius 3 is 2.95 bits per heavy atom. The number of rotatable bonds is 3. The number of benzene rings is 1. The molecule has 3 rings (SSSR count). The fourth-order valence-electron chi connectivity index (χ4n) is 2.82. The zero-order valence-corrected chi connectivity index (χ0v) is 12.0. The van der Waals surface area contributed by atoms with E-state index in [1.54, 1.807) is 0 Å². The van der Waals surface area contributed by atoms with Crippen LogP contribution in [-0.4, -0.2) is 28.6 Å². The Morgan fingerprint density at radius 1 is 1.35 bits per heavy atom. The number of fused-ring (bicyclic) bond motifs is 1. The van der Waals surface area contributed by atoms with Crippen LogP contribution >= 0.6 is 11.3 Å². The van der Waals surface area contributed by atoms with Crippen molar-refractivity contribution in [2.24, 2.45) is 5.92 Å². The van der Waals surface area contributed by atoms with Gasteiger partial charge in [-0.15, -0.1) is 11.3 Å². The highest BCUT2D eigenvalue weighted by molar-refractivity contribution is 7.20. The average Bonchev–Trinajstić information content (AvgIpc) is 2.92. The Kier molecular flexibility index (Phi) is 3.98. The van der Waals surface area contributed by atoms with Crippen LogP contribution in [0.3, 0.4) is 0 Å². The van der Waals surface area contributed by atoms with Gasteiger partial charge in [0, 0.05) is 18.6 Å². The standard InChI is InChI=1S/C15H18N2O2S/c18-9-10-5-1-2-6-11(10)16-14(19)15-17-12-7-3-4-8-13(12)20-15/h3-4,7-8,10-11,18H,1-2,5-6,9H2,(H,16,19). The molecule has 2 unspecified atom stereocenters. The smallest absolute Gasteiger partial charge is 0.280 e. The Bertz CT molecular complexity index is 578. The Hall–Kier alpha value is -1.46. The highest BCUT2D eigenvalue weighted by Crippen LogP contribution is 2.25. The van der Waals surface area contributed by atoms with Crippen LogP contribution in [0.5, 0.6) is 0 Å². The number of hydrogen-bond donors (Lipinski definition) is 2. The van der Waals surface area contributed by atoms with Gasteiger partial charge in [0.15, 0.2) is 5.01 Å². The van der Waals surface area contributed by atoms with E-state index in [1.165, 1.54) is 11.3 Å². The Labute approximate surface area is 121 Å². The zero-order valence-electron chi connectivity index (χ0n) is 11.2. The summed E-state index contributed by atoms with van der Waals surface area (Å²) in [7, 11) is 0. The number of nitrogens with zero attached hydrogens (tertiary/aromatic N) is 1. The van der Waals surface area contributed by atoms with Gasteiger partial charge in [0.1, 0.15) is 0 Å². The van der Waals surface area contributed by atoms with Gasteiger partial charge in [-0.3, -0.25) is 4.79 Å². The molecule has 1 aromatic heterocycles. The minimum Gasteiger partial charge on any atom is -0.396 e. The number of aliphatic hydroxyl groups is 1. The third-order valence-electron chi connectivity index (χ3n) is 3.95. The van der Waals surface area contributed by atoms with Crippen molar-refractivity contribution in [3.05, 3.63) is 29.3 Å². The van der Waals surface area contributed by atoms with Crippen molar-refractivity contribution in [1.29, 1.82) is 0 Å². The van der Waals surface area contributed by atoms with Gasteiger partial charge >= 0.3 is 0 Å². The highest BCUT2D eigenvalue weighted by Gasteiger charge is 2.27. The largest absolute Gasteiger partial charge is 0.396 e. The van der Waals surface area contributed by atoms with Crippen molar-refractivity contribution in [3.63, 3.8) is 0 Å². The van der Waals surface area contributed by atoms with Crippen LogP contribution in [0.4, 0.5) is 0 Å². The fraction of sp³-hybridized carbons (Fsp3) is 0.467. The van der Waals surface area contributed by atoms with Gasteiger partial charge in [-0.25, -0.2) is 4.98 Å². The summed E-state index contributed by atoms with van der Waals surface area (Å²) in [6.45, 7) is 0.144. The molecule has 1 aromatic carbocycles. The molecule has 20 heavy (non-hydrogen) atoms. The molecule has 1 heterocycles. The zero-order chi connectivity index (χ0) is 13.9. The number of thiazole rings is 1. The van der Waals surface area contributed by atoms with Crippen LogP contribution in [0.15, 0.2) is 24.3 Å². The molecule has 1 aliphatic carbocycles. The molecule has 2 atom stereocenters. The average molecular weight is 290 g/mol. The number of aliphatic hydroxyl groups excluding tert-OH is 1. The second-order valence-corrected chi connectivity index (χ2v) is 6.32. The molecule has 0 spiro atoms. The topological polar surface area (TPSA) is 62.2 Å². The predicted octanol–water partition coefficient (Wildman–Crippen LogP) is 2.58. The molecule has 1 fully saturated rings. The molecular weight excluding hydrogens is 272 g/mol. The molecule has 106 valence electrons. The maximum absolute atomic E-state index is 12.3. The normalized spacial score (nSPS) is 22.9. The van der Waals surface area contributed by atoms with Gasteiger partial charge in [0.25, 0.3) is 5.91 Å². The fourth-order valence-corrected chi connectivity index (χ4v) is 3.68. The SMILES string of the molecule is O=C(NC1CCCCC1CO)c1nc2ccccc2s1. The summed E-state index contributed by atoms with van der Waals surface area (Å²) in [6, 6.07) is 7.84. The summed E-state index contributed by atoms with van der Waals surface area (Å²) in [6.07, 6.45) is 4.18. The molecule has 4 nitrogen and oxygen atoms in total. The van der Waals surface area contributed by atoms with Gasteiger partial charge < -0.3 is 10.4 Å². The maximum atomic E-state index is 12.3. The lowest BCUT2D eigenvalue weighted by Gasteiger charge is -2.30. The van der Waals surface area contributed by atoms with E-state index in [0.717, 1.165) is 35.9 Å². The third kappa shape index (κ3) is 2.69. The first-order valence-electron chi connectivity index (χ1n) is 7.05. The van der Waals surface area contributed by atoms with E-state index in [0.29, 0.717) is 5.01 Å². The lowest BCUT2D eigenvalue weighted by Crippen LogP contribution is -2.43. The summed E-state index contributed by atoms with van der Waals surface area (Å²) >= 11 is 1.42. The van der Waals surface area contributed by atoms with Crippen LogP contribution in [0.1, 0.15) is 35.5 Å². The van der Waals surface area contributed by atoms with Gasteiger partial charge in [0.2, 0.25) is 0 Å². The minimum atomic E-state index is -0.114. The van der Waals surface area contributed by atoms with Crippen molar-refractivity contribution in [2.75, 3.05) is 6.61 Å². The van der Waals surface area contributed by atoms with Crippen LogP contribution in [0.2, 0.25) is 0 Å². The number of hydrogen-bond acceptors (Lipinski definition) is 4. The van der Waals surface area contributed by atoms with Crippen LogP contribution in [-0.2, 0) is 0 Å². The summed E-state index contributed by atoms with van der Waals surface area (Å²) in [5.41, 5.74) is 0.866. The second kappa shape index (κ2) is 5.89. The van der Waals surface area contributed by atoms with Gasteiger partial charge in [-0.1, -0.05) is 25.0 Å². The van der Waals surface area contributed by atoms with Crippen LogP contribution < -0.4 is 5.32 Å². The summed E-state index contributed by atoms with van der Waals surface area (Å²) in [5.74, 6) is 0.0682. The van der Waals surface area contributed by atoms with E-state index < -0.39 is 0 Å². The molecule has 1 saturated carbocycles. The first kappa shape index (κ1) is 13.5. The quantitative estimate of drug-likeness (QED) is 0.913. The number of para-hydroxylation sites is 1. The molecular formula is C15H18N2O2S. The van der Waals surface area contributed by atoms with Gasteiger partial charge in [-0.2, -0.15) is 0 Å². The second-order valence-electron chi connectivity index (χ2n) is 5.29. The summed E-state index contributed by atoms with van der Waals surface area (Å²) < 4.78 is 1.03. The monoisotopic (exact) mass is 290 g/mol. The van der Waals surface area contributed by atoms with Crippen molar-refractivity contribution in [2.45, 2.75) is 31.7 Å². The van der Waals surface area contributed by atoms with E-state index >= 15 is 0 Å². The van der Waals surface area contributed by atoms with E-state index in [4.69, 9.17) is 0 Å².